The number of rotatable bonds is 5. The van der Waals surface area contributed by atoms with Crippen LogP contribution in [0.3, 0.4) is 0 Å². The van der Waals surface area contributed by atoms with E-state index in [1.165, 1.54) is 18.3 Å². The van der Waals surface area contributed by atoms with Gasteiger partial charge in [-0.2, -0.15) is 0 Å². The molecular weight excluding hydrogens is 355 g/mol. The van der Waals surface area contributed by atoms with E-state index < -0.39 is 5.97 Å². The van der Waals surface area contributed by atoms with E-state index in [9.17, 15) is 9.18 Å². The van der Waals surface area contributed by atoms with Gasteiger partial charge in [-0.15, -0.1) is 0 Å². The van der Waals surface area contributed by atoms with Crippen LogP contribution < -0.4 is 4.90 Å². The molecule has 1 aliphatic rings. The molecule has 0 amide bonds. The standard InChI is InChI=1S/C23H27FN2O2/c1-5-10-26-21-12-20(24)17(11-19(21)15(2)13-23(26,3)4)14-25-18-8-6-16(7-9-18)22(27)28/h6-9,11-12,14-15H,5,10,13H2,1-4H3,(H,27,28). The van der Waals surface area contributed by atoms with Crippen molar-refractivity contribution in [2.75, 3.05) is 11.4 Å². The van der Waals surface area contributed by atoms with Gasteiger partial charge in [-0.1, -0.05) is 13.8 Å². The molecule has 0 radical (unpaired) electrons. The number of carboxylic acid groups (broad SMARTS) is 1. The lowest BCUT2D eigenvalue weighted by molar-refractivity contribution is 0.0697. The lowest BCUT2D eigenvalue weighted by atomic mass is 9.79. The minimum absolute atomic E-state index is 0.00361. The van der Waals surface area contributed by atoms with Crippen molar-refractivity contribution in [2.24, 2.45) is 4.99 Å². The number of carbonyl (C=O) groups is 1. The van der Waals surface area contributed by atoms with Gasteiger partial charge in [0.05, 0.1) is 11.3 Å². The number of hydrogen-bond donors (Lipinski definition) is 1. The molecule has 28 heavy (non-hydrogen) atoms. The second kappa shape index (κ2) is 7.74. The molecule has 1 heterocycles. The van der Waals surface area contributed by atoms with Gasteiger partial charge in [0, 0.05) is 29.5 Å². The van der Waals surface area contributed by atoms with E-state index in [2.05, 4.69) is 37.6 Å². The molecule has 0 saturated heterocycles. The van der Waals surface area contributed by atoms with Gasteiger partial charge in [-0.3, -0.25) is 4.99 Å². The maximum absolute atomic E-state index is 14.8. The molecule has 1 aliphatic heterocycles. The molecule has 0 aliphatic carbocycles. The van der Waals surface area contributed by atoms with Gasteiger partial charge >= 0.3 is 5.97 Å². The zero-order valence-electron chi connectivity index (χ0n) is 16.9. The Hall–Kier alpha value is -2.69. The summed E-state index contributed by atoms with van der Waals surface area (Å²) in [4.78, 5) is 17.6. The molecule has 0 fully saturated rings. The van der Waals surface area contributed by atoms with Crippen LogP contribution in [-0.4, -0.2) is 29.4 Å². The van der Waals surface area contributed by atoms with Crippen molar-refractivity contribution in [2.45, 2.75) is 52.0 Å². The highest BCUT2D eigenvalue weighted by Gasteiger charge is 2.36. The Bertz CT molecular complexity index is 904. The van der Waals surface area contributed by atoms with Gasteiger partial charge in [0.25, 0.3) is 0 Å². The van der Waals surface area contributed by atoms with Gasteiger partial charge in [0.15, 0.2) is 0 Å². The number of nitrogens with zero attached hydrogens (tertiary/aromatic N) is 2. The number of fused-ring (bicyclic) bond motifs is 1. The Morgan fingerprint density at radius 1 is 1.32 bits per heavy atom. The first-order valence-electron chi connectivity index (χ1n) is 9.71. The Labute approximate surface area is 165 Å². The number of benzene rings is 2. The molecule has 2 aromatic rings. The zero-order valence-corrected chi connectivity index (χ0v) is 16.9. The Balaban J connectivity index is 1.94. The van der Waals surface area contributed by atoms with Crippen molar-refractivity contribution in [3.05, 3.63) is 58.9 Å². The average molecular weight is 382 g/mol. The summed E-state index contributed by atoms with van der Waals surface area (Å²) in [5.41, 5.74) is 3.36. The molecule has 4 nitrogen and oxygen atoms in total. The van der Waals surface area contributed by atoms with E-state index in [-0.39, 0.29) is 16.9 Å². The van der Waals surface area contributed by atoms with E-state index in [4.69, 9.17) is 5.11 Å². The second-order valence-corrected chi connectivity index (χ2v) is 8.11. The Morgan fingerprint density at radius 2 is 2.00 bits per heavy atom. The van der Waals surface area contributed by atoms with E-state index >= 15 is 0 Å². The third kappa shape index (κ3) is 3.93. The van der Waals surface area contributed by atoms with Gasteiger partial charge in [0.1, 0.15) is 5.82 Å². The SMILES string of the molecule is CCCN1c2cc(F)c(C=Nc3ccc(C(=O)O)cc3)cc2C(C)CC1(C)C. The van der Waals surface area contributed by atoms with E-state index in [0.29, 0.717) is 17.2 Å². The van der Waals surface area contributed by atoms with Crippen LogP contribution in [0.5, 0.6) is 0 Å². The first-order valence-corrected chi connectivity index (χ1v) is 9.71. The topological polar surface area (TPSA) is 52.9 Å². The molecule has 3 rings (SSSR count). The molecule has 0 spiro atoms. The van der Waals surface area contributed by atoms with Crippen molar-refractivity contribution in [3.8, 4) is 0 Å². The van der Waals surface area contributed by atoms with Crippen molar-refractivity contribution in [1.29, 1.82) is 0 Å². The van der Waals surface area contributed by atoms with Gasteiger partial charge in [-0.25, -0.2) is 9.18 Å². The molecule has 1 atom stereocenters. The summed E-state index contributed by atoms with van der Waals surface area (Å²) < 4.78 is 14.8. The number of hydrogen-bond acceptors (Lipinski definition) is 3. The van der Waals surface area contributed by atoms with Crippen molar-refractivity contribution in [3.63, 3.8) is 0 Å². The van der Waals surface area contributed by atoms with Crippen LogP contribution in [0.4, 0.5) is 15.8 Å². The summed E-state index contributed by atoms with van der Waals surface area (Å²) in [6.45, 7) is 9.66. The number of aromatic carboxylic acids is 1. The van der Waals surface area contributed by atoms with Crippen LogP contribution in [0.2, 0.25) is 0 Å². The third-order valence-corrected chi connectivity index (χ3v) is 5.42. The van der Waals surface area contributed by atoms with Crippen LogP contribution in [0.25, 0.3) is 0 Å². The molecule has 1 unspecified atom stereocenters. The quantitative estimate of drug-likeness (QED) is 0.667. The fourth-order valence-corrected chi connectivity index (χ4v) is 4.10. The third-order valence-electron chi connectivity index (χ3n) is 5.42. The lowest BCUT2D eigenvalue weighted by Gasteiger charge is -2.47. The summed E-state index contributed by atoms with van der Waals surface area (Å²) in [6, 6.07) is 9.75. The fraction of sp³-hybridized carbons (Fsp3) is 0.391. The van der Waals surface area contributed by atoms with Crippen LogP contribution in [0, 0.1) is 5.82 Å². The second-order valence-electron chi connectivity index (χ2n) is 8.11. The molecule has 148 valence electrons. The molecule has 2 aromatic carbocycles. The van der Waals surface area contributed by atoms with E-state index in [0.717, 1.165) is 30.6 Å². The Kier molecular flexibility index (Phi) is 5.54. The zero-order chi connectivity index (χ0) is 20.5. The molecule has 1 N–H and O–H groups in total. The molecular formula is C23H27FN2O2. The minimum Gasteiger partial charge on any atom is -0.478 e. The maximum Gasteiger partial charge on any atom is 0.335 e. The highest BCUT2D eigenvalue weighted by atomic mass is 19.1. The van der Waals surface area contributed by atoms with Crippen LogP contribution in [0.1, 0.15) is 67.9 Å². The van der Waals surface area contributed by atoms with Gasteiger partial charge in [-0.05, 0) is 74.6 Å². The minimum atomic E-state index is -0.982. The smallest absolute Gasteiger partial charge is 0.335 e. The first-order chi connectivity index (χ1) is 13.2. The summed E-state index contributed by atoms with van der Waals surface area (Å²) >= 11 is 0. The molecule has 0 aromatic heterocycles. The predicted octanol–water partition coefficient (Wildman–Crippen LogP) is 5.78. The Morgan fingerprint density at radius 3 is 2.61 bits per heavy atom. The van der Waals surface area contributed by atoms with Crippen LogP contribution >= 0.6 is 0 Å². The van der Waals surface area contributed by atoms with Gasteiger partial charge in [0.2, 0.25) is 0 Å². The van der Waals surface area contributed by atoms with Crippen molar-refractivity contribution >= 4 is 23.6 Å². The van der Waals surface area contributed by atoms with E-state index in [1.807, 2.05) is 6.07 Å². The molecule has 5 heteroatoms. The molecule has 0 bridgehead atoms. The number of aliphatic imine (C=N–C) groups is 1. The summed E-state index contributed by atoms with van der Waals surface area (Å²) in [6.07, 6.45) is 3.54. The number of anilines is 1. The van der Waals surface area contributed by atoms with Crippen LogP contribution in [-0.2, 0) is 0 Å². The highest BCUT2D eigenvalue weighted by Crippen LogP contribution is 2.44. The summed E-state index contributed by atoms with van der Waals surface area (Å²) in [5.74, 6) is -0.943. The predicted molar refractivity (Wildman–Crippen MR) is 112 cm³/mol. The average Bonchev–Trinajstić information content (AvgIpc) is 2.63. The highest BCUT2D eigenvalue weighted by molar-refractivity contribution is 5.88. The normalized spacial score (nSPS) is 18.3. The first kappa shape index (κ1) is 20.1. The molecule has 0 saturated carbocycles. The number of carboxylic acids is 1. The maximum atomic E-state index is 14.8. The van der Waals surface area contributed by atoms with Crippen molar-refractivity contribution in [1.82, 2.24) is 0 Å². The summed E-state index contributed by atoms with van der Waals surface area (Å²) in [7, 11) is 0. The monoisotopic (exact) mass is 382 g/mol. The largest absolute Gasteiger partial charge is 0.478 e. The number of halogens is 1. The lowest BCUT2D eigenvalue weighted by Crippen LogP contribution is -2.48. The van der Waals surface area contributed by atoms with E-state index in [1.54, 1.807) is 18.2 Å². The van der Waals surface area contributed by atoms with Crippen molar-refractivity contribution < 1.29 is 14.3 Å². The fourth-order valence-electron chi connectivity index (χ4n) is 4.10. The summed E-state index contributed by atoms with van der Waals surface area (Å²) in [5, 5.41) is 8.96. The van der Waals surface area contributed by atoms with Gasteiger partial charge < -0.3 is 10.0 Å². The van der Waals surface area contributed by atoms with Crippen LogP contribution in [0.15, 0.2) is 41.4 Å².